The van der Waals surface area contributed by atoms with Crippen LogP contribution in [0.4, 0.5) is 0 Å². The molecule has 0 saturated carbocycles. The maximum Gasteiger partial charge on any atom is 0.255 e. The lowest BCUT2D eigenvalue weighted by atomic mass is 10.1. The highest BCUT2D eigenvalue weighted by molar-refractivity contribution is 5.97. The van der Waals surface area contributed by atoms with Gasteiger partial charge in [-0.25, -0.2) is 0 Å². The van der Waals surface area contributed by atoms with E-state index in [9.17, 15) is 9.59 Å². The summed E-state index contributed by atoms with van der Waals surface area (Å²) in [5.74, 6) is 0.181. The van der Waals surface area contributed by atoms with Crippen LogP contribution in [0.25, 0.3) is 0 Å². The van der Waals surface area contributed by atoms with Crippen molar-refractivity contribution < 1.29 is 14.0 Å². The van der Waals surface area contributed by atoms with E-state index in [4.69, 9.17) is 4.42 Å². The van der Waals surface area contributed by atoms with Gasteiger partial charge in [0, 0.05) is 6.54 Å². The molecule has 0 radical (unpaired) electrons. The molecule has 2 heterocycles. The summed E-state index contributed by atoms with van der Waals surface area (Å²) in [6.07, 6.45) is 4.92. The Kier molecular flexibility index (Phi) is 5.17. The molecule has 1 fully saturated rings. The number of hydrogen-bond donors (Lipinski definition) is 3. The molecule has 110 valence electrons. The maximum absolute atomic E-state index is 11.9. The molecule has 2 rings (SSSR count). The minimum absolute atomic E-state index is 0.159. The van der Waals surface area contributed by atoms with Gasteiger partial charge in [-0.2, -0.15) is 0 Å². The number of furan rings is 1. The number of rotatable bonds is 6. The molecule has 6 heteroatoms. The molecular formula is C14H21N3O3. The summed E-state index contributed by atoms with van der Waals surface area (Å²) in [6, 6.07) is 1.01. The fourth-order valence-electron chi connectivity index (χ4n) is 2.25. The van der Waals surface area contributed by atoms with Gasteiger partial charge in [0.1, 0.15) is 12.3 Å². The Labute approximate surface area is 118 Å². The normalized spacial score (nSPS) is 19.6. The predicted octanol–water partition coefficient (Wildman–Crippen LogP) is 0.514. The average molecular weight is 279 g/mol. The van der Waals surface area contributed by atoms with Crippen LogP contribution in [0.1, 0.15) is 30.1 Å². The highest BCUT2D eigenvalue weighted by atomic mass is 16.3. The molecular weight excluding hydrogens is 258 g/mol. The predicted molar refractivity (Wildman–Crippen MR) is 74.2 cm³/mol. The largest absolute Gasteiger partial charge is 0.472 e. The van der Waals surface area contributed by atoms with E-state index < -0.39 is 6.04 Å². The van der Waals surface area contributed by atoms with Gasteiger partial charge in [-0.1, -0.05) is 0 Å². The van der Waals surface area contributed by atoms with E-state index in [0.29, 0.717) is 18.0 Å². The summed E-state index contributed by atoms with van der Waals surface area (Å²) in [6.45, 7) is 4.42. The Morgan fingerprint density at radius 1 is 1.55 bits per heavy atom. The maximum atomic E-state index is 11.9. The van der Waals surface area contributed by atoms with Crippen LogP contribution in [-0.4, -0.2) is 37.5 Å². The zero-order valence-corrected chi connectivity index (χ0v) is 11.6. The third-order valence-electron chi connectivity index (χ3n) is 3.54. The van der Waals surface area contributed by atoms with Gasteiger partial charge in [0.2, 0.25) is 5.91 Å². The van der Waals surface area contributed by atoms with E-state index in [2.05, 4.69) is 16.0 Å². The lowest BCUT2D eigenvalue weighted by Crippen LogP contribution is -2.45. The van der Waals surface area contributed by atoms with Gasteiger partial charge in [-0.3, -0.25) is 9.59 Å². The highest BCUT2D eigenvalue weighted by Crippen LogP contribution is 2.10. The zero-order valence-electron chi connectivity index (χ0n) is 11.6. The number of nitrogens with one attached hydrogen (secondary N) is 3. The number of amides is 2. The zero-order chi connectivity index (χ0) is 14.4. The molecule has 0 aliphatic carbocycles. The van der Waals surface area contributed by atoms with Gasteiger partial charge in [-0.15, -0.1) is 0 Å². The van der Waals surface area contributed by atoms with Crippen LogP contribution in [0.2, 0.25) is 0 Å². The van der Waals surface area contributed by atoms with Crippen LogP contribution < -0.4 is 16.0 Å². The van der Waals surface area contributed by atoms with Crippen molar-refractivity contribution in [2.24, 2.45) is 5.92 Å². The Balaban J connectivity index is 1.67. The number of hydrogen-bond acceptors (Lipinski definition) is 4. The van der Waals surface area contributed by atoms with Crippen LogP contribution in [0.5, 0.6) is 0 Å². The molecule has 6 nitrogen and oxygen atoms in total. The first kappa shape index (κ1) is 14.6. The fourth-order valence-corrected chi connectivity index (χ4v) is 2.25. The summed E-state index contributed by atoms with van der Waals surface area (Å²) in [7, 11) is 0. The van der Waals surface area contributed by atoms with E-state index in [1.165, 1.54) is 18.9 Å². The molecule has 1 saturated heterocycles. The first-order valence-electron chi connectivity index (χ1n) is 6.98. The van der Waals surface area contributed by atoms with E-state index in [1.54, 1.807) is 13.0 Å². The average Bonchev–Trinajstić information content (AvgIpc) is 3.11. The monoisotopic (exact) mass is 279 g/mol. The molecule has 1 aromatic heterocycles. The summed E-state index contributed by atoms with van der Waals surface area (Å²) in [5.41, 5.74) is 0.418. The van der Waals surface area contributed by atoms with E-state index in [1.807, 2.05) is 0 Å². The van der Waals surface area contributed by atoms with Gasteiger partial charge < -0.3 is 20.4 Å². The molecule has 1 aromatic rings. The second-order valence-electron chi connectivity index (χ2n) is 5.15. The van der Waals surface area contributed by atoms with Crippen LogP contribution in [-0.2, 0) is 4.79 Å². The van der Waals surface area contributed by atoms with Gasteiger partial charge in [0.15, 0.2) is 0 Å². The molecule has 0 spiro atoms. The van der Waals surface area contributed by atoms with Crippen LogP contribution >= 0.6 is 0 Å². The van der Waals surface area contributed by atoms with Crippen molar-refractivity contribution in [3.63, 3.8) is 0 Å². The molecule has 20 heavy (non-hydrogen) atoms. The van der Waals surface area contributed by atoms with Gasteiger partial charge in [0.05, 0.1) is 11.8 Å². The molecule has 2 atom stereocenters. The fraction of sp³-hybridized carbons (Fsp3) is 0.571. The first-order valence-corrected chi connectivity index (χ1v) is 6.98. The second-order valence-corrected chi connectivity index (χ2v) is 5.15. The van der Waals surface area contributed by atoms with Crippen molar-refractivity contribution in [1.29, 1.82) is 0 Å². The first-order chi connectivity index (χ1) is 9.66. The SMILES string of the molecule is CC(NC(=O)c1ccoc1)C(=O)NCCC1CCNC1. The van der Waals surface area contributed by atoms with Gasteiger partial charge >= 0.3 is 0 Å². The Morgan fingerprint density at radius 3 is 3.05 bits per heavy atom. The molecule has 0 bridgehead atoms. The number of carbonyl (C=O) groups is 2. The smallest absolute Gasteiger partial charge is 0.255 e. The second kappa shape index (κ2) is 7.09. The van der Waals surface area contributed by atoms with Crippen molar-refractivity contribution in [3.05, 3.63) is 24.2 Å². The van der Waals surface area contributed by atoms with Crippen LogP contribution in [0.15, 0.2) is 23.0 Å². The van der Waals surface area contributed by atoms with Crippen molar-refractivity contribution in [2.45, 2.75) is 25.8 Å². The highest BCUT2D eigenvalue weighted by Gasteiger charge is 2.18. The van der Waals surface area contributed by atoms with Crippen LogP contribution in [0.3, 0.4) is 0 Å². The van der Waals surface area contributed by atoms with Crippen molar-refractivity contribution in [1.82, 2.24) is 16.0 Å². The third kappa shape index (κ3) is 4.09. The summed E-state index contributed by atoms with van der Waals surface area (Å²) in [5, 5.41) is 8.79. The van der Waals surface area contributed by atoms with Gasteiger partial charge in [0.25, 0.3) is 5.91 Å². The quantitative estimate of drug-likeness (QED) is 0.708. The Morgan fingerprint density at radius 2 is 2.40 bits per heavy atom. The van der Waals surface area contributed by atoms with Crippen molar-refractivity contribution in [3.8, 4) is 0 Å². The minimum Gasteiger partial charge on any atom is -0.472 e. The minimum atomic E-state index is -0.556. The third-order valence-corrected chi connectivity index (χ3v) is 3.54. The summed E-state index contributed by atoms with van der Waals surface area (Å²) in [4.78, 5) is 23.6. The Bertz CT molecular complexity index is 439. The molecule has 2 amide bonds. The van der Waals surface area contributed by atoms with Crippen molar-refractivity contribution >= 4 is 11.8 Å². The standard InChI is InChI=1S/C14H21N3O3/c1-10(17-14(19)12-4-7-20-9-12)13(18)16-6-3-11-2-5-15-8-11/h4,7,9-11,15H,2-3,5-6,8H2,1H3,(H,16,18)(H,17,19). The lowest BCUT2D eigenvalue weighted by molar-refractivity contribution is -0.122. The van der Waals surface area contributed by atoms with Crippen molar-refractivity contribution in [2.75, 3.05) is 19.6 Å². The molecule has 2 unspecified atom stereocenters. The summed E-state index contributed by atoms with van der Waals surface area (Å²) >= 11 is 0. The Hall–Kier alpha value is -1.82. The van der Waals surface area contributed by atoms with Crippen LogP contribution in [0, 0.1) is 5.92 Å². The topological polar surface area (TPSA) is 83.4 Å². The lowest BCUT2D eigenvalue weighted by Gasteiger charge is -2.14. The number of carbonyl (C=O) groups excluding carboxylic acids is 2. The molecule has 1 aliphatic rings. The molecule has 1 aliphatic heterocycles. The van der Waals surface area contributed by atoms with E-state index >= 15 is 0 Å². The van der Waals surface area contributed by atoms with E-state index in [0.717, 1.165) is 19.5 Å². The van der Waals surface area contributed by atoms with Gasteiger partial charge in [-0.05, 0) is 44.8 Å². The molecule has 0 aromatic carbocycles. The molecule has 3 N–H and O–H groups in total. The van der Waals surface area contributed by atoms with E-state index in [-0.39, 0.29) is 11.8 Å². The summed E-state index contributed by atoms with van der Waals surface area (Å²) < 4.78 is 4.83.